The Morgan fingerprint density at radius 2 is 1.47 bits per heavy atom. The van der Waals surface area contributed by atoms with Gasteiger partial charge in [-0.1, -0.05) is 82.6 Å². The van der Waals surface area contributed by atoms with Gasteiger partial charge in [0.05, 0.1) is 0 Å². The first-order valence-corrected chi connectivity index (χ1v) is 13.0. The van der Waals surface area contributed by atoms with Gasteiger partial charge in [0.2, 0.25) is 0 Å². The summed E-state index contributed by atoms with van der Waals surface area (Å²) in [5.41, 5.74) is 10.0. The second-order valence-corrected chi connectivity index (χ2v) is 9.62. The normalized spacial score (nSPS) is 16.4. The summed E-state index contributed by atoms with van der Waals surface area (Å²) in [7, 11) is 3.72. The number of aromatic nitrogens is 1. The Labute approximate surface area is 208 Å². The van der Waals surface area contributed by atoms with Gasteiger partial charge in [-0.15, -0.1) is 0 Å². The number of nitrogens with zero attached hydrogens (tertiary/aromatic N) is 3. The molecule has 1 aliphatic rings. The third-order valence-electron chi connectivity index (χ3n) is 7.41. The topological polar surface area (TPSA) is 37.4 Å². The first kappa shape index (κ1) is 28.1. The van der Waals surface area contributed by atoms with E-state index in [0.29, 0.717) is 5.92 Å². The Bertz CT molecular complexity index is 981. The average molecular weight is 465 g/mol. The number of likely N-dealkylation sites (N-methyl/N-ethyl adjacent to an activating group) is 1. The first-order valence-electron chi connectivity index (χ1n) is 13.0. The van der Waals surface area contributed by atoms with E-state index >= 15 is 0 Å². The number of piperazine rings is 1. The van der Waals surface area contributed by atoms with E-state index in [1.54, 1.807) is 0 Å². The number of aryl methyl sites for hydroxylation is 1. The number of nitrogens with two attached hydrogens (primary N) is 1. The van der Waals surface area contributed by atoms with Gasteiger partial charge in [0.15, 0.2) is 0 Å². The van der Waals surface area contributed by atoms with E-state index in [-0.39, 0.29) is 5.41 Å². The molecule has 0 aliphatic carbocycles. The van der Waals surface area contributed by atoms with E-state index in [0.717, 1.165) is 13.1 Å². The number of para-hydroxylation sites is 1. The van der Waals surface area contributed by atoms with Crippen molar-refractivity contribution in [2.75, 3.05) is 46.8 Å². The van der Waals surface area contributed by atoms with Crippen molar-refractivity contribution in [3.63, 3.8) is 0 Å². The molecule has 3 aromatic rings. The highest BCUT2D eigenvalue weighted by atomic mass is 15.2. The smallest absolute Gasteiger partial charge is 0.0483 e. The van der Waals surface area contributed by atoms with Crippen LogP contribution in [0.5, 0.6) is 0 Å². The van der Waals surface area contributed by atoms with Crippen molar-refractivity contribution in [3.05, 3.63) is 71.4 Å². The van der Waals surface area contributed by atoms with E-state index in [1.807, 2.05) is 13.8 Å². The van der Waals surface area contributed by atoms with Crippen LogP contribution in [0.4, 0.5) is 0 Å². The van der Waals surface area contributed by atoms with Crippen LogP contribution in [0, 0.1) is 12.8 Å². The lowest BCUT2D eigenvalue weighted by Gasteiger charge is -2.35. The molecular weight excluding hydrogens is 416 g/mol. The lowest BCUT2D eigenvalue weighted by atomic mass is 9.68. The second-order valence-electron chi connectivity index (χ2n) is 9.62. The summed E-state index contributed by atoms with van der Waals surface area (Å²) in [5, 5.41) is 1.40. The fourth-order valence-corrected chi connectivity index (χ4v) is 4.87. The lowest BCUT2D eigenvalue weighted by molar-refractivity contribution is 0.150. The van der Waals surface area contributed by atoms with Gasteiger partial charge < -0.3 is 15.2 Å². The molecule has 188 valence electrons. The van der Waals surface area contributed by atoms with Crippen LogP contribution in [0.1, 0.15) is 51.3 Å². The van der Waals surface area contributed by atoms with Crippen molar-refractivity contribution in [1.29, 1.82) is 0 Å². The van der Waals surface area contributed by atoms with Crippen LogP contribution in [-0.4, -0.2) is 61.2 Å². The predicted octanol–water partition coefficient (Wildman–Crippen LogP) is 5.76. The fourth-order valence-electron chi connectivity index (χ4n) is 4.87. The standard InChI is InChI=1S/C27H37N3.C2H6.CH5N/c1-21(2)27(4,23-12-10-22(3)11-13-23)25-20-30(26-9-7-6-8-24(25)26)19-18-29-16-14-28(5)15-17-29;2*1-2/h6-13,20-21H,14-19H2,1-5H3;1-2H3;2H2,1H3. The van der Waals surface area contributed by atoms with Gasteiger partial charge in [0, 0.05) is 61.8 Å². The van der Waals surface area contributed by atoms with Crippen LogP contribution in [0.15, 0.2) is 54.7 Å². The Morgan fingerprint density at radius 1 is 0.882 bits per heavy atom. The van der Waals surface area contributed by atoms with Gasteiger partial charge in [-0.25, -0.2) is 0 Å². The van der Waals surface area contributed by atoms with Crippen LogP contribution < -0.4 is 5.73 Å². The van der Waals surface area contributed by atoms with Gasteiger partial charge in [0.1, 0.15) is 0 Å². The molecule has 1 atom stereocenters. The highest BCUT2D eigenvalue weighted by Crippen LogP contribution is 2.43. The Hall–Kier alpha value is -2.14. The van der Waals surface area contributed by atoms with Crippen molar-refractivity contribution in [2.24, 2.45) is 11.7 Å². The molecule has 2 aromatic carbocycles. The van der Waals surface area contributed by atoms with E-state index in [4.69, 9.17) is 0 Å². The number of benzene rings is 2. The molecule has 2 heterocycles. The molecule has 0 radical (unpaired) electrons. The van der Waals surface area contributed by atoms with Crippen molar-refractivity contribution in [2.45, 2.75) is 53.5 Å². The summed E-state index contributed by atoms with van der Waals surface area (Å²) in [6, 6.07) is 18.1. The quantitative estimate of drug-likeness (QED) is 0.504. The van der Waals surface area contributed by atoms with Crippen molar-refractivity contribution >= 4 is 10.9 Å². The molecule has 4 heteroatoms. The minimum absolute atomic E-state index is 0.0214. The predicted molar refractivity (Wildman–Crippen MR) is 150 cm³/mol. The summed E-state index contributed by atoms with van der Waals surface area (Å²) in [6.07, 6.45) is 2.45. The lowest BCUT2D eigenvalue weighted by Crippen LogP contribution is -2.45. The maximum atomic E-state index is 4.50. The molecule has 0 amide bonds. The Morgan fingerprint density at radius 3 is 2.06 bits per heavy atom. The average Bonchev–Trinajstić information content (AvgIpc) is 3.25. The third kappa shape index (κ3) is 6.10. The minimum Gasteiger partial charge on any atom is -0.346 e. The van der Waals surface area contributed by atoms with Crippen molar-refractivity contribution < 1.29 is 0 Å². The summed E-state index contributed by atoms with van der Waals surface area (Å²) >= 11 is 0. The van der Waals surface area contributed by atoms with Crippen LogP contribution in [0.25, 0.3) is 10.9 Å². The summed E-state index contributed by atoms with van der Waals surface area (Å²) in [6.45, 7) is 20.2. The zero-order valence-corrected chi connectivity index (χ0v) is 22.9. The molecule has 1 aliphatic heterocycles. The largest absolute Gasteiger partial charge is 0.346 e. The SMILES string of the molecule is CC.CN.Cc1ccc(C(C)(c2cn(CCN3CCN(C)CC3)c3ccccc23)C(C)C)cc1. The monoisotopic (exact) mass is 464 g/mol. The van der Waals surface area contributed by atoms with Crippen LogP contribution in [-0.2, 0) is 12.0 Å². The molecule has 0 bridgehead atoms. The summed E-state index contributed by atoms with van der Waals surface area (Å²) in [4.78, 5) is 5.03. The molecule has 2 N–H and O–H groups in total. The van der Waals surface area contributed by atoms with Crippen molar-refractivity contribution in [3.8, 4) is 0 Å². The van der Waals surface area contributed by atoms with E-state index in [1.165, 1.54) is 60.8 Å². The molecule has 34 heavy (non-hydrogen) atoms. The maximum absolute atomic E-state index is 4.50. The first-order chi connectivity index (χ1) is 16.4. The van der Waals surface area contributed by atoms with Crippen LogP contribution in [0.2, 0.25) is 0 Å². The van der Waals surface area contributed by atoms with E-state index < -0.39 is 0 Å². The Balaban J connectivity index is 0.000000970. The van der Waals surface area contributed by atoms with E-state index in [9.17, 15) is 0 Å². The summed E-state index contributed by atoms with van der Waals surface area (Å²) in [5.74, 6) is 0.497. The number of rotatable bonds is 6. The summed E-state index contributed by atoms with van der Waals surface area (Å²) < 4.78 is 2.50. The minimum atomic E-state index is -0.0214. The molecule has 1 saturated heterocycles. The van der Waals surface area contributed by atoms with Gasteiger partial charge in [-0.05, 0) is 44.1 Å². The van der Waals surface area contributed by atoms with Gasteiger partial charge in [0.25, 0.3) is 0 Å². The fraction of sp³-hybridized carbons (Fsp3) is 0.533. The molecule has 0 spiro atoms. The Kier molecular flexibility index (Phi) is 10.8. The zero-order valence-electron chi connectivity index (χ0n) is 22.9. The van der Waals surface area contributed by atoms with Crippen LogP contribution in [0.3, 0.4) is 0 Å². The van der Waals surface area contributed by atoms with Crippen molar-refractivity contribution in [1.82, 2.24) is 14.4 Å². The molecular formula is C30H48N4. The van der Waals surface area contributed by atoms with Gasteiger partial charge in [-0.3, -0.25) is 4.90 Å². The number of hydrogen-bond acceptors (Lipinski definition) is 3. The van der Waals surface area contributed by atoms with E-state index in [2.05, 4.69) is 110 Å². The molecule has 1 fully saturated rings. The molecule has 0 saturated carbocycles. The molecule has 4 rings (SSSR count). The third-order valence-corrected chi connectivity index (χ3v) is 7.41. The second kappa shape index (κ2) is 13.1. The van der Waals surface area contributed by atoms with Gasteiger partial charge >= 0.3 is 0 Å². The molecule has 4 nitrogen and oxygen atoms in total. The highest BCUT2D eigenvalue weighted by Gasteiger charge is 2.35. The maximum Gasteiger partial charge on any atom is 0.0483 e. The van der Waals surface area contributed by atoms with Crippen LogP contribution >= 0.6 is 0 Å². The number of hydrogen-bond donors (Lipinski definition) is 1. The highest BCUT2D eigenvalue weighted by molar-refractivity contribution is 5.85. The zero-order chi connectivity index (χ0) is 25.3. The molecule has 1 aromatic heterocycles. The van der Waals surface area contributed by atoms with Gasteiger partial charge in [-0.2, -0.15) is 0 Å². The molecule has 1 unspecified atom stereocenters. The number of fused-ring (bicyclic) bond motifs is 1.